The molecule has 2 aromatic rings. The Bertz CT molecular complexity index is 799. The van der Waals surface area contributed by atoms with Crippen LogP contribution in [0.25, 0.3) is 11.1 Å². The predicted octanol–water partition coefficient (Wildman–Crippen LogP) is 5.16. The quantitative estimate of drug-likeness (QED) is 0.693. The minimum absolute atomic E-state index is 0.214. The fourth-order valence-electron chi connectivity index (χ4n) is 3.22. The number of halogens is 1. The van der Waals surface area contributed by atoms with Gasteiger partial charge in [0.15, 0.2) is 0 Å². The van der Waals surface area contributed by atoms with E-state index >= 15 is 0 Å². The summed E-state index contributed by atoms with van der Waals surface area (Å²) in [6, 6.07) is 11.8. The van der Waals surface area contributed by atoms with Gasteiger partial charge in [0.2, 0.25) is 0 Å². The van der Waals surface area contributed by atoms with Crippen LogP contribution < -0.4 is 10.6 Å². The lowest BCUT2D eigenvalue weighted by atomic mass is 9.96. The van der Waals surface area contributed by atoms with Crippen molar-refractivity contribution in [2.24, 2.45) is 0 Å². The van der Waals surface area contributed by atoms with E-state index in [0.29, 0.717) is 10.7 Å². The van der Waals surface area contributed by atoms with Crippen LogP contribution in [0.2, 0.25) is 5.02 Å². The van der Waals surface area contributed by atoms with Crippen molar-refractivity contribution in [1.82, 2.24) is 5.32 Å². The summed E-state index contributed by atoms with van der Waals surface area (Å²) in [6.45, 7) is 0. The van der Waals surface area contributed by atoms with Gasteiger partial charge in [0.05, 0.1) is 5.56 Å². The molecule has 1 saturated carbocycles. The maximum Gasteiger partial charge on any atom is 0.335 e. The van der Waals surface area contributed by atoms with Gasteiger partial charge in [-0.3, -0.25) is 0 Å². The van der Waals surface area contributed by atoms with E-state index < -0.39 is 5.97 Å². The number of amides is 2. The topological polar surface area (TPSA) is 78.4 Å². The van der Waals surface area contributed by atoms with E-state index in [1.54, 1.807) is 30.3 Å². The van der Waals surface area contributed by atoms with E-state index in [0.717, 1.165) is 36.8 Å². The number of rotatable bonds is 4. The van der Waals surface area contributed by atoms with E-state index in [1.807, 2.05) is 0 Å². The highest BCUT2D eigenvalue weighted by molar-refractivity contribution is 6.33. The summed E-state index contributed by atoms with van der Waals surface area (Å²) in [5, 5.41) is 15.4. The Morgan fingerprint density at radius 3 is 2.35 bits per heavy atom. The lowest BCUT2D eigenvalue weighted by molar-refractivity contribution is 0.0697. The number of carbonyl (C=O) groups excluding carboxylic acids is 1. The van der Waals surface area contributed by atoms with Crippen molar-refractivity contribution in [2.75, 3.05) is 5.32 Å². The van der Waals surface area contributed by atoms with Gasteiger partial charge in [0.1, 0.15) is 0 Å². The highest BCUT2D eigenvalue weighted by atomic mass is 35.5. The minimum atomic E-state index is -0.975. The standard InChI is InChI=1S/C20H21ClN2O3/c21-18-11-10-16(23-20(26)22-15-4-2-1-3-5-15)12-17(18)13-6-8-14(9-7-13)19(24)25/h6-12,15H,1-5H2,(H,24,25)(H2,22,23,26). The number of hydrogen-bond donors (Lipinski definition) is 3. The molecule has 1 fully saturated rings. The summed E-state index contributed by atoms with van der Waals surface area (Å²) in [5.74, 6) is -0.975. The molecule has 0 bridgehead atoms. The summed E-state index contributed by atoms with van der Waals surface area (Å²) < 4.78 is 0. The Morgan fingerprint density at radius 1 is 1.00 bits per heavy atom. The molecule has 3 rings (SSSR count). The van der Waals surface area contributed by atoms with Crippen LogP contribution in [0.15, 0.2) is 42.5 Å². The van der Waals surface area contributed by atoms with Crippen LogP contribution in [0.4, 0.5) is 10.5 Å². The second-order valence-electron chi connectivity index (χ2n) is 6.51. The average Bonchev–Trinajstić information content (AvgIpc) is 2.64. The average molecular weight is 373 g/mol. The van der Waals surface area contributed by atoms with Crippen molar-refractivity contribution in [2.45, 2.75) is 38.1 Å². The van der Waals surface area contributed by atoms with Gasteiger partial charge in [-0.1, -0.05) is 43.0 Å². The molecular formula is C20H21ClN2O3. The van der Waals surface area contributed by atoms with Gasteiger partial charge >= 0.3 is 12.0 Å². The number of carbonyl (C=O) groups is 2. The molecular weight excluding hydrogens is 352 g/mol. The summed E-state index contributed by atoms with van der Waals surface area (Å²) in [6.07, 6.45) is 5.59. The van der Waals surface area contributed by atoms with Crippen molar-refractivity contribution in [3.63, 3.8) is 0 Å². The van der Waals surface area contributed by atoms with Crippen LogP contribution in [0.1, 0.15) is 42.5 Å². The first-order valence-electron chi connectivity index (χ1n) is 8.74. The van der Waals surface area contributed by atoms with E-state index in [-0.39, 0.29) is 17.6 Å². The van der Waals surface area contributed by atoms with Gasteiger partial charge in [-0.25, -0.2) is 9.59 Å². The Hall–Kier alpha value is -2.53. The molecule has 0 atom stereocenters. The van der Waals surface area contributed by atoms with Crippen LogP contribution in [-0.4, -0.2) is 23.1 Å². The number of anilines is 1. The first-order valence-corrected chi connectivity index (χ1v) is 9.11. The normalized spacial score (nSPS) is 14.7. The van der Waals surface area contributed by atoms with Gasteiger partial charge in [-0.05, 0) is 48.7 Å². The van der Waals surface area contributed by atoms with Gasteiger partial charge < -0.3 is 15.7 Å². The third kappa shape index (κ3) is 4.55. The number of nitrogens with one attached hydrogen (secondary N) is 2. The molecule has 0 radical (unpaired) electrons. The van der Waals surface area contributed by atoms with Gasteiger partial charge in [-0.15, -0.1) is 0 Å². The van der Waals surface area contributed by atoms with E-state index in [4.69, 9.17) is 16.7 Å². The van der Waals surface area contributed by atoms with Gasteiger partial charge in [0, 0.05) is 22.3 Å². The van der Waals surface area contributed by atoms with Crippen LogP contribution in [-0.2, 0) is 0 Å². The Morgan fingerprint density at radius 2 is 1.69 bits per heavy atom. The number of hydrogen-bond acceptors (Lipinski definition) is 2. The molecule has 3 N–H and O–H groups in total. The lowest BCUT2D eigenvalue weighted by Gasteiger charge is -2.23. The highest BCUT2D eigenvalue weighted by Crippen LogP contribution is 2.31. The Kier molecular flexibility index (Phi) is 5.78. The smallest absolute Gasteiger partial charge is 0.335 e. The fourth-order valence-corrected chi connectivity index (χ4v) is 3.44. The molecule has 2 amide bonds. The van der Waals surface area contributed by atoms with Gasteiger partial charge in [-0.2, -0.15) is 0 Å². The molecule has 0 spiro atoms. The Balaban J connectivity index is 1.72. The third-order valence-corrected chi connectivity index (χ3v) is 4.94. The monoisotopic (exact) mass is 372 g/mol. The first-order chi connectivity index (χ1) is 12.5. The molecule has 1 aliphatic carbocycles. The molecule has 1 aliphatic rings. The molecule has 2 aromatic carbocycles. The largest absolute Gasteiger partial charge is 0.478 e. The number of urea groups is 1. The van der Waals surface area contributed by atoms with E-state index in [1.165, 1.54) is 18.6 Å². The SMILES string of the molecule is O=C(Nc1ccc(Cl)c(-c2ccc(C(=O)O)cc2)c1)NC1CCCCC1. The van der Waals surface area contributed by atoms with Crippen molar-refractivity contribution in [3.8, 4) is 11.1 Å². The summed E-state index contributed by atoms with van der Waals surface area (Å²) in [7, 11) is 0. The molecule has 26 heavy (non-hydrogen) atoms. The van der Waals surface area contributed by atoms with Crippen molar-refractivity contribution in [3.05, 3.63) is 53.1 Å². The number of aromatic carboxylic acids is 1. The van der Waals surface area contributed by atoms with Crippen molar-refractivity contribution in [1.29, 1.82) is 0 Å². The molecule has 0 heterocycles. The predicted molar refractivity (Wildman–Crippen MR) is 103 cm³/mol. The highest BCUT2D eigenvalue weighted by Gasteiger charge is 2.16. The minimum Gasteiger partial charge on any atom is -0.478 e. The molecule has 0 aliphatic heterocycles. The summed E-state index contributed by atoms with van der Waals surface area (Å²) in [4.78, 5) is 23.2. The molecule has 0 saturated heterocycles. The number of carboxylic acid groups (broad SMARTS) is 1. The molecule has 6 heteroatoms. The molecule has 0 aromatic heterocycles. The van der Waals surface area contributed by atoms with Crippen LogP contribution in [0.5, 0.6) is 0 Å². The van der Waals surface area contributed by atoms with E-state index in [9.17, 15) is 9.59 Å². The number of benzene rings is 2. The fraction of sp³-hybridized carbons (Fsp3) is 0.300. The summed E-state index contributed by atoms with van der Waals surface area (Å²) >= 11 is 6.28. The second kappa shape index (κ2) is 8.23. The lowest BCUT2D eigenvalue weighted by Crippen LogP contribution is -2.39. The van der Waals surface area contributed by atoms with Crippen molar-refractivity contribution >= 4 is 29.3 Å². The third-order valence-electron chi connectivity index (χ3n) is 4.61. The maximum atomic E-state index is 12.2. The number of carboxylic acids is 1. The van der Waals surface area contributed by atoms with Crippen molar-refractivity contribution < 1.29 is 14.7 Å². The maximum absolute atomic E-state index is 12.2. The van der Waals surface area contributed by atoms with Gasteiger partial charge in [0.25, 0.3) is 0 Å². The first kappa shape index (κ1) is 18.3. The van der Waals surface area contributed by atoms with Crippen LogP contribution >= 0.6 is 11.6 Å². The summed E-state index contributed by atoms with van der Waals surface area (Å²) in [5.41, 5.74) is 2.38. The van der Waals surface area contributed by atoms with E-state index in [2.05, 4.69) is 10.6 Å². The zero-order chi connectivity index (χ0) is 18.5. The zero-order valence-corrected chi connectivity index (χ0v) is 15.1. The zero-order valence-electron chi connectivity index (χ0n) is 14.3. The molecule has 136 valence electrons. The van der Waals surface area contributed by atoms with Crippen LogP contribution in [0, 0.1) is 0 Å². The Labute approximate surface area is 157 Å². The second-order valence-corrected chi connectivity index (χ2v) is 6.92. The molecule has 5 nitrogen and oxygen atoms in total. The molecule has 0 unspecified atom stereocenters. The van der Waals surface area contributed by atoms with Crippen LogP contribution in [0.3, 0.4) is 0 Å².